The number of carbonyl (C=O) groups is 2. The zero-order valence-electron chi connectivity index (χ0n) is 14.2. The minimum Gasteiger partial charge on any atom is -0.492 e. The van der Waals surface area contributed by atoms with Gasteiger partial charge in [-0.25, -0.2) is 0 Å². The van der Waals surface area contributed by atoms with E-state index >= 15 is 0 Å². The molecule has 0 saturated heterocycles. The lowest BCUT2D eigenvalue weighted by Gasteiger charge is -2.21. The molecule has 25 heavy (non-hydrogen) atoms. The molecule has 0 fully saturated rings. The van der Waals surface area contributed by atoms with Crippen molar-refractivity contribution in [3.05, 3.63) is 53.6 Å². The van der Waals surface area contributed by atoms with Crippen LogP contribution >= 0.6 is 0 Å². The van der Waals surface area contributed by atoms with E-state index in [0.29, 0.717) is 30.2 Å². The first kappa shape index (κ1) is 16.8. The molecular formula is C19H20N2O4. The summed E-state index contributed by atoms with van der Waals surface area (Å²) in [4.78, 5) is 25.5. The predicted molar refractivity (Wildman–Crippen MR) is 94.2 cm³/mol. The summed E-state index contributed by atoms with van der Waals surface area (Å²) < 4.78 is 11.0. The lowest BCUT2D eigenvalue weighted by atomic mass is 10.1. The van der Waals surface area contributed by atoms with Gasteiger partial charge >= 0.3 is 0 Å². The van der Waals surface area contributed by atoms with Crippen molar-refractivity contribution < 1.29 is 19.1 Å². The number of ether oxygens (including phenoxy) is 2. The number of anilines is 1. The van der Waals surface area contributed by atoms with E-state index in [9.17, 15) is 9.59 Å². The normalized spacial score (nSPS) is 12.6. The number of aryl methyl sites for hydroxylation is 1. The van der Waals surface area contributed by atoms with Crippen molar-refractivity contribution in [2.24, 2.45) is 0 Å². The molecule has 2 aromatic rings. The second-order valence-electron chi connectivity index (χ2n) is 5.94. The molecule has 0 aromatic heterocycles. The van der Waals surface area contributed by atoms with E-state index in [0.717, 1.165) is 11.3 Å². The highest BCUT2D eigenvalue weighted by molar-refractivity contribution is 5.99. The topological polar surface area (TPSA) is 67.9 Å². The van der Waals surface area contributed by atoms with Gasteiger partial charge < -0.3 is 19.7 Å². The Labute approximate surface area is 146 Å². The fourth-order valence-corrected chi connectivity index (χ4v) is 2.54. The van der Waals surface area contributed by atoms with E-state index in [-0.39, 0.29) is 18.4 Å². The summed E-state index contributed by atoms with van der Waals surface area (Å²) in [6, 6.07) is 12.8. The van der Waals surface area contributed by atoms with Gasteiger partial charge in [-0.15, -0.1) is 0 Å². The molecule has 6 nitrogen and oxygen atoms in total. The summed E-state index contributed by atoms with van der Waals surface area (Å²) in [5.74, 6) is 0.989. The van der Waals surface area contributed by atoms with Gasteiger partial charge in [0.05, 0.1) is 12.2 Å². The first-order valence-corrected chi connectivity index (χ1v) is 8.04. The third-order valence-corrected chi connectivity index (χ3v) is 3.89. The first-order valence-electron chi connectivity index (χ1n) is 8.04. The molecule has 0 radical (unpaired) electrons. The number of nitrogens with one attached hydrogen (secondary N) is 1. The molecule has 6 heteroatoms. The van der Waals surface area contributed by atoms with Crippen molar-refractivity contribution in [2.75, 3.05) is 32.1 Å². The molecule has 130 valence electrons. The average molecular weight is 340 g/mol. The van der Waals surface area contributed by atoms with Gasteiger partial charge in [-0.2, -0.15) is 0 Å². The SMILES string of the molecule is Cc1cccc(OCCN(C)C(=O)c2ccc3c(c2)NC(=O)CO3)c1. The molecule has 0 atom stereocenters. The molecule has 2 amide bonds. The maximum atomic E-state index is 12.5. The molecule has 1 aliphatic rings. The van der Waals surface area contributed by atoms with Crippen LogP contribution < -0.4 is 14.8 Å². The summed E-state index contributed by atoms with van der Waals surface area (Å²) in [6.45, 7) is 2.85. The van der Waals surface area contributed by atoms with E-state index < -0.39 is 0 Å². The number of fused-ring (bicyclic) bond motifs is 1. The summed E-state index contributed by atoms with van der Waals surface area (Å²) in [5, 5.41) is 2.70. The highest BCUT2D eigenvalue weighted by atomic mass is 16.5. The molecule has 0 saturated carbocycles. The molecule has 1 aliphatic heterocycles. The summed E-state index contributed by atoms with van der Waals surface area (Å²) >= 11 is 0. The van der Waals surface area contributed by atoms with Crippen molar-refractivity contribution in [3.8, 4) is 11.5 Å². The second-order valence-corrected chi connectivity index (χ2v) is 5.94. The lowest BCUT2D eigenvalue weighted by Crippen LogP contribution is -2.31. The summed E-state index contributed by atoms with van der Waals surface area (Å²) in [5.41, 5.74) is 2.13. The highest BCUT2D eigenvalue weighted by Gasteiger charge is 2.19. The van der Waals surface area contributed by atoms with Crippen molar-refractivity contribution in [1.29, 1.82) is 0 Å². The molecule has 0 spiro atoms. The molecule has 0 unspecified atom stereocenters. The van der Waals surface area contributed by atoms with E-state index in [2.05, 4.69) is 5.32 Å². The van der Waals surface area contributed by atoms with E-state index in [1.54, 1.807) is 30.1 Å². The molecule has 0 bridgehead atoms. The number of nitrogens with zero attached hydrogens (tertiary/aromatic N) is 1. The summed E-state index contributed by atoms with van der Waals surface area (Å²) in [7, 11) is 1.72. The Morgan fingerprint density at radius 1 is 1.28 bits per heavy atom. The minimum atomic E-state index is -0.225. The van der Waals surface area contributed by atoms with E-state index in [1.807, 2.05) is 31.2 Å². The lowest BCUT2D eigenvalue weighted by molar-refractivity contribution is -0.118. The number of rotatable bonds is 5. The maximum absolute atomic E-state index is 12.5. The number of amides is 2. The van der Waals surface area contributed by atoms with Crippen LogP contribution in [0.3, 0.4) is 0 Å². The highest BCUT2D eigenvalue weighted by Crippen LogP contribution is 2.28. The van der Waals surface area contributed by atoms with Gasteiger partial charge in [0.2, 0.25) is 0 Å². The van der Waals surface area contributed by atoms with E-state index in [4.69, 9.17) is 9.47 Å². The standard InChI is InChI=1S/C19H20N2O4/c1-13-4-3-5-15(10-13)24-9-8-21(2)19(23)14-6-7-17-16(11-14)20-18(22)12-25-17/h3-7,10-11H,8-9,12H2,1-2H3,(H,20,22). The minimum absolute atomic E-state index is 0.00348. The fraction of sp³-hybridized carbons (Fsp3) is 0.263. The first-order chi connectivity index (χ1) is 12.0. The molecule has 1 heterocycles. The van der Waals surface area contributed by atoms with Crippen LogP contribution in [0.5, 0.6) is 11.5 Å². The quantitative estimate of drug-likeness (QED) is 0.908. The maximum Gasteiger partial charge on any atom is 0.262 e. The number of hydrogen-bond acceptors (Lipinski definition) is 4. The van der Waals surface area contributed by atoms with Crippen LogP contribution in [0.25, 0.3) is 0 Å². The summed E-state index contributed by atoms with van der Waals surface area (Å²) in [6.07, 6.45) is 0. The molecule has 2 aromatic carbocycles. The average Bonchev–Trinajstić information content (AvgIpc) is 2.60. The third kappa shape index (κ3) is 4.09. The third-order valence-electron chi connectivity index (χ3n) is 3.89. The second kappa shape index (κ2) is 7.25. The van der Waals surface area contributed by atoms with Crippen LogP contribution in [-0.4, -0.2) is 43.5 Å². The zero-order chi connectivity index (χ0) is 17.8. The van der Waals surface area contributed by atoms with E-state index in [1.165, 1.54) is 0 Å². The van der Waals surface area contributed by atoms with Gasteiger partial charge in [-0.05, 0) is 42.8 Å². The van der Waals surface area contributed by atoms with Gasteiger partial charge in [-0.1, -0.05) is 12.1 Å². The van der Waals surface area contributed by atoms with Crippen LogP contribution in [0.4, 0.5) is 5.69 Å². The smallest absolute Gasteiger partial charge is 0.262 e. The van der Waals surface area contributed by atoms with Crippen molar-refractivity contribution in [3.63, 3.8) is 0 Å². The van der Waals surface area contributed by atoms with Crippen LogP contribution in [0.1, 0.15) is 15.9 Å². The zero-order valence-corrected chi connectivity index (χ0v) is 14.2. The van der Waals surface area contributed by atoms with Crippen LogP contribution in [0.2, 0.25) is 0 Å². The Morgan fingerprint density at radius 2 is 2.12 bits per heavy atom. The van der Waals surface area contributed by atoms with Crippen molar-refractivity contribution in [2.45, 2.75) is 6.92 Å². The van der Waals surface area contributed by atoms with Gasteiger partial charge in [-0.3, -0.25) is 9.59 Å². The van der Waals surface area contributed by atoms with Crippen molar-refractivity contribution in [1.82, 2.24) is 4.90 Å². The molecule has 3 rings (SSSR count). The van der Waals surface area contributed by atoms with Crippen LogP contribution in [0.15, 0.2) is 42.5 Å². The Balaban J connectivity index is 1.59. The van der Waals surface area contributed by atoms with Gasteiger partial charge in [0.25, 0.3) is 11.8 Å². The molecule has 1 N–H and O–H groups in total. The molecule has 0 aliphatic carbocycles. The van der Waals surface area contributed by atoms with Gasteiger partial charge in [0, 0.05) is 12.6 Å². The van der Waals surface area contributed by atoms with Crippen LogP contribution in [-0.2, 0) is 4.79 Å². The van der Waals surface area contributed by atoms with Gasteiger partial charge in [0.1, 0.15) is 18.1 Å². The Morgan fingerprint density at radius 3 is 2.92 bits per heavy atom. The largest absolute Gasteiger partial charge is 0.492 e. The Bertz CT molecular complexity index is 804. The monoisotopic (exact) mass is 340 g/mol. The number of carbonyl (C=O) groups excluding carboxylic acids is 2. The van der Waals surface area contributed by atoms with Crippen molar-refractivity contribution >= 4 is 17.5 Å². The van der Waals surface area contributed by atoms with Gasteiger partial charge in [0.15, 0.2) is 6.61 Å². The number of hydrogen-bond donors (Lipinski definition) is 1. The fourth-order valence-electron chi connectivity index (χ4n) is 2.54. The number of likely N-dealkylation sites (N-methyl/N-ethyl adjacent to an activating group) is 1. The van der Waals surface area contributed by atoms with Crippen LogP contribution in [0, 0.1) is 6.92 Å². The predicted octanol–water partition coefficient (Wildman–Crippen LogP) is 2.48. The Kier molecular flexibility index (Phi) is 4.88. The molecular weight excluding hydrogens is 320 g/mol. The number of benzene rings is 2. The Hall–Kier alpha value is -3.02.